The second kappa shape index (κ2) is 8.53. The van der Waals surface area contributed by atoms with E-state index in [0.29, 0.717) is 39.8 Å². The van der Waals surface area contributed by atoms with Crippen molar-refractivity contribution in [3.05, 3.63) is 95.3 Å². The molecule has 8 nitrogen and oxygen atoms in total. The largest absolute Gasteiger partial charge is 0.454 e. The van der Waals surface area contributed by atoms with Gasteiger partial charge in [0.05, 0.1) is 17.3 Å². The molecule has 1 atom stereocenters. The Labute approximate surface area is 206 Å². The number of rotatable bonds is 4. The van der Waals surface area contributed by atoms with E-state index in [1.54, 1.807) is 37.3 Å². The highest BCUT2D eigenvalue weighted by Crippen LogP contribution is 2.42. The molecule has 0 fully saturated rings. The van der Waals surface area contributed by atoms with Crippen molar-refractivity contribution in [3.8, 4) is 22.9 Å². The second-order valence-corrected chi connectivity index (χ2v) is 8.60. The van der Waals surface area contributed by atoms with E-state index in [2.05, 4.69) is 15.5 Å². The summed E-state index contributed by atoms with van der Waals surface area (Å²) in [6.45, 7) is 3.90. The van der Waals surface area contributed by atoms with Gasteiger partial charge >= 0.3 is 6.03 Å². The summed E-state index contributed by atoms with van der Waals surface area (Å²) in [4.78, 5) is 19.5. The zero-order valence-electron chi connectivity index (χ0n) is 19.5. The molecule has 4 aromatic rings. The van der Waals surface area contributed by atoms with E-state index < -0.39 is 11.9 Å². The van der Waals surface area contributed by atoms with Gasteiger partial charge in [-0.05, 0) is 49.7 Å². The minimum Gasteiger partial charge on any atom is -0.454 e. The second-order valence-electron chi connectivity index (χ2n) is 8.60. The molecule has 0 saturated carbocycles. The molecule has 2 amide bonds. The Kier molecular flexibility index (Phi) is 5.18. The van der Waals surface area contributed by atoms with E-state index in [9.17, 15) is 9.18 Å². The Hall–Kier alpha value is -4.66. The fourth-order valence-corrected chi connectivity index (χ4v) is 4.53. The van der Waals surface area contributed by atoms with Crippen LogP contribution in [0, 0.1) is 12.7 Å². The number of hydrogen-bond donors (Lipinski definition) is 1. The van der Waals surface area contributed by atoms with Crippen LogP contribution >= 0.6 is 0 Å². The number of aromatic nitrogens is 2. The molecule has 1 aromatic heterocycles. The highest BCUT2D eigenvalue weighted by Gasteiger charge is 2.37. The number of carbonyl (C=O) groups excluding carboxylic acids is 1. The van der Waals surface area contributed by atoms with Gasteiger partial charge in [-0.2, -0.15) is 4.98 Å². The molecule has 9 heteroatoms. The lowest BCUT2D eigenvalue weighted by Gasteiger charge is -2.35. The molecule has 3 heterocycles. The number of nitrogens with one attached hydrogen (secondary N) is 1. The first-order valence-electron chi connectivity index (χ1n) is 11.4. The Bertz CT molecular complexity index is 1530. The lowest BCUT2D eigenvalue weighted by Crippen LogP contribution is -2.46. The topological polar surface area (TPSA) is 89.7 Å². The van der Waals surface area contributed by atoms with Gasteiger partial charge in [-0.25, -0.2) is 9.18 Å². The number of urea groups is 1. The predicted octanol–water partition coefficient (Wildman–Crippen LogP) is 5.61. The van der Waals surface area contributed by atoms with Crippen LogP contribution in [0.15, 0.2) is 77.0 Å². The van der Waals surface area contributed by atoms with E-state index in [1.165, 1.54) is 17.0 Å². The van der Waals surface area contributed by atoms with Crippen LogP contribution in [0.5, 0.6) is 11.5 Å². The molecule has 2 aliphatic rings. The van der Waals surface area contributed by atoms with E-state index in [-0.39, 0.29) is 18.7 Å². The van der Waals surface area contributed by atoms with Crippen molar-refractivity contribution < 1.29 is 23.2 Å². The van der Waals surface area contributed by atoms with Gasteiger partial charge in [-0.15, -0.1) is 0 Å². The molecule has 0 radical (unpaired) electrons. The Balaban J connectivity index is 1.49. The molecule has 3 aromatic carbocycles. The molecule has 180 valence electrons. The number of hydrogen-bond acceptors (Lipinski definition) is 6. The van der Waals surface area contributed by atoms with Gasteiger partial charge in [0.25, 0.3) is 5.89 Å². The Morgan fingerprint density at radius 2 is 1.83 bits per heavy atom. The van der Waals surface area contributed by atoms with Crippen LogP contribution < -0.4 is 19.7 Å². The Morgan fingerprint density at radius 3 is 2.67 bits per heavy atom. The molecule has 36 heavy (non-hydrogen) atoms. The van der Waals surface area contributed by atoms with Crippen LogP contribution in [0.1, 0.15) is 30.0 Å². The lowest BCUT2D eigenvalue weighted by molar-refractivity contribution is 0.174. The van der Waals surface area contributed by atoms with Crippen molar-refractivity contribution in [2.45, 2.75) is 19.9 Å². The van der Waals surface area contributed by atoms with Gasteiger partial charge in [0.1, 0.15) is 5.82 Å². The maximum Gasteiger partial charge on any atom is 0.327 e. The number of carbonyl (C=O) groups is 1. The van der Waals surface area contributed by atoms with Gasteiger partial charge in [0.2, 0.25) is 12.6 Å². The number of anilines is 1. The summed E-state index contributed by atoms with van der Waals surface area (Å²) in [5, 5.41) is 7.16. The Morgan fingerprint density at radius 1 is 1.00 bits per heavy atom. The molecule has 0 aliphatic carbocycles. The smallest absolute Gasteiger partial charge is 0.327 e. The maximum atomic E-state index is 14.2. The number of ether oxygens (including phenoxy) is 2. The summed E-state index contributed by atoms with van der Waals surface area (Å²) < 4.78 is 30.8. The van der Waals surface area contributed by atoms with Crippen LogP contribution in [0.25, 0.3) is 17.0 Å². The van der Waals surface area contributed by atoms with Crippen molar-refractivity contribution in [1.82, 2.24) is 15.5 Å². The molecule has 1 N–H and O–H groups in total. The van der Waals surface area contributed by atoms with E-state index in [4.69, 9.17) is 14.0 Å². The summed E-state index contributed by atoms with van der Waals surface area (Å²) in [5.74, 6) is 1.38. The molecule has 6 rings (SSSR count). The zero-order valence-corrected chi connectivity index (χ0v) is 19.5. The highest BCUT2D eigenvalue weighted by molar-refractivity contribution is 6.01. The van der Waals surface area contributed by atoms with Crippen LogP contribution in [-0.2, 0) is 0 Å². The molecule has 0 bridgehead atoms. The number of benzene rings is 3. The number of fused-ring (bicyclic) bond motifs is 1. The van der Waals surface area contributed by atoms with Crippen molar-refractivity contribution >= 4 is 17.3 Å². The quantitative estimate of drug-likeness (QED) is 0.405. The van der Waals surface area contributed by atoms with Gasteiger partial charge < -0.3 is 19.3 Å². The molecule has 2 aliphatic heterocycles. The van der Waals surface area contributed by atoms with Gasteiger partial charge in [0, 0.05) is 17.3 Å². The summed E-state index contributed by atoms with van der Waals surface area (Å²) in [5.41, 5.74) is 4.11. The lowest BCUT2D eigenvalue weighted by atomic mass is 9.94. The van der Waals surface area contributed by atoms with Gasteiger partial charge in [-0.1, -0.05) is 41.1 Å². The minimum atomic E-state index is -0.704. The molecule has 1 unspecified atom stereocenters. The highest BCUT2D eigenvalue weighted by atomic mass is 19.1. The number of aryl methyl sites for hydroxylation is 1. The number of allylic oxidation sites excluding steroid dienone is 1. The first-order valence-corrected chi connectivity index (χ1v) is 11.4. The number of amides is 2. The number of nitrogens with zero attached hydrogens (tertiary/aromatic N) is 3. The third-order valence-corrected chi connectivity index (χ3v) is 6.21. The summed E-state index contributed by atoms with van der Waals surface area (Å²) in [7, 11) is 0. The van der Waals surface area contributed by atoms with Crippen molar-refractivity contribution in [2.24, 2.45) is 0 Å². The van der Waals surface area contributed by atoms with Crippen LogP contribution in [0.3, 0.4) is 0 Å². The van der Waals surface area contributed by atoms with Crippen LogP contribution in [-0.4, -0.2) is 23.0 Å². The molecule has 0 saturated heterocycles. The van der Waals surface area contributed by atoms with Crippen molar-refractivity contribution in [1.29, 1.82) is 0 Å². The maximum absolute atomic E-state index is 14.2. The standard InChI is InChI=1S/C27H21FN4O4/c1-15-5-3-7-18(11-15)25-30-26(36-31-25)23-16(2)32(20-9-10-21-22(13-20)35-14-34-21)27(33)29-24(23)17-6-4-8-19(28)12-17/h3-13,24H,14H2,1-2H3,(H,29,33). The fourth-order valence-electron chi connectivity index (χ4n) is 4.53. The molecule has 0 spiro atoms. The van der Waals surface area contributed by atoms with E-state index in [1.807, 2.05) is 31.2 Å². The SMILES string of the molecule is CC1=C(c2nc(-c3cccc(C)c3)no2)C(c2cccc(F)c2)NC(=O)N1c1ccc2c(c1)OCO2. The van der Waals surface area contributed by atoms with E-state index >= 15 is 0 Å². The monoisotopic (exact) mass is 484 g/mol. The zero-order chi connectivity index (χ0) is 24.8. The van der Waals surface area contributed by atoms with Gasteiger partial charge in [0.15, 0.2) is 11.5 Å². The molecular weight excluding hydrogens is 463 g/mol. The molecular formula is C27H21FN4O4. The first-order chi connectivity index (χ1) is 17.5. The summed E-state index contributed by atoms with van der Waals surface area (Å²) >= 11 is 0. The minimum absolute atomic E-state index is 0.121. The third-order valence-electron chi connectivity index (χ3n) is 6.21. The summed E-state index contributed by atoms with van der Waals surface area (Å²) in [6, 6.07) is 18.0. The predicted molar refractivity (Wildman–Crippen MR) is 130 cm³/mol. The summed E-state index contributed by atoms with van der Waals surface area (Å²) in [6.07, 6.45) is 0. The van der Waals surface area contributed by atoms with E-state index in [0.717, 1.165) is 11.1 Å². The average Bonchev–Trinajstić information content (AvgIpc) is 3.53. The average molecular weight is 484 g/mol. The third kappa shape index (κ3) is 3.74. The van der Waals surface area contributed by atoms with Crippen LogP contribution in [0.2, 0.25) is 0 Å². The number of halogens is 1. The fraction of sp³-hybridized carbons (Fsp3) is 0.148. The van der Waals surface area contributed by atoms with Gasteiger partial charge in [-0.3, -0.25) is 4.90 Å². The van der Waals surface area contributed by atoms with Crippen molar-refractivity contribution in [2.75, 3.05) is 11.7 Å². The van der Waals surface area contributed by atoms with Crippen molar-refractivity contribution in [3.63, 3.8) is 0 Å². The first kappa shape index (κ1) is 21.8. The normalized spacial score (nSPS) is 16.9. The van der Waals surface area contributed by atoms with Crippen LogP contribution in [0.4, 0.5) is 14.9 Å².